The molecule has 1 saturated carbocycles. The smallest absolute Gasteiger partial charge is 0.217 e. The molecule has 6 nitrogen and oxygen atoms in total. The molecule has 0 bridgehead atoms. The van der Waals surface area contributed by atoms with Crippen LogP contribution in [0.25, 0.3) is 12.2 Å². The Kier molecular flexibility index (Phi) is 6.26. The molecule has 154 valence electrons. The molecule has 0 radical (unpaired) electrons. The number of hydrogen-bond donors (Lipinski definition) is 1. The molecule has 28 heavy (non-hydrogen) atoms. The summed E-state index contributed by atoms with van der Waals surface area (Å²) in [6, 6.07) is 0.397. The third kappa shape index (κ3) is 4.71. The molecule has 1 unspecified atom stereocenters. The first-order valence-electron chi connectivity index (χ1n) is 10.6. The van der Waals surface area contributed by atoms with Crippen molar-refractivity contribution in [1.82, 2.24) is 15.4 Å². The van der Waals surface area contributed by atoms with E-state index in [1.54, 1.807) is 6.92 Å². The van der Waals surface area contributed by atoms with Crippen LogP contribution in [0.1, 0.15) is 45.4 Å². The molecular weight excluding hydrogens is 376 g/mol. The molecule has 2 fully saturated rings. The Morgan fingerprint density at radius 1 is 1.25 bits per heavy atom. The van der Waals surface area contributed by atoms with Gasteiger partial charge in [0, 0.05) is 39.1 Å². The average Bonchev–Trinajstić information content (AvgIpc) is 3.10. The summed E-state index contributed by atoms with van der Waals surface area (Å²) >= 11 is 6.17. The van der Waals surface area contributed by atoms with Crippen LogP contribution >= 0.6 is 11.6 Å². The van der Waals surface area contributed by atoms with Crippen molar-refractivity contribution in [3.63, 3.8) is 0 Å². The number of piperazine rings is 1. The molecule has 7 heteroatoms. The molecule has 1 atom stereocenters. The van der Waals surface area contributed by atoms with Gasteiger partial charge >= 0.3 is 0 Å². The van der Waals surface area contributed by atoms with E-state index in [4.69, 9.17) is 16.1 Å². The van der Waals surface area contributed by atoms with Crippen molar-refractivity contribution in [2.45, 2.75) is 56.9 Å². The van der Waals surface area contributed by atoms with Gasteiger partial charge in [0.15, 0.2) is 11.2 Å². The minimum atomic E-state index is 0.0125. The maximum Gasteiger partial charge on any atom is 0.217 e. The second-order valence-electron chi connectivity index (χ2n) is 8.44. The van der Waals surface area contributed by atoms with Crippen molar-refractivity contribution in [1.29, 1.82) is 0 Å². The van der Waals surface area contributed by atoms with Gasteiger partial charge in [-0.25, -0.2) is 0 Å². The van der Waals surface area contributed by atoms with E-state index >= 15 is 0 Å². The molecule has 1 N–H and O–H groups in total. The van der Waals surface area contributed by atoms with Gasteiger partial charge in [0.2, 0.25) is 5.91 Å². The zero-order valence-electron chi connectivity index (χ0n) is 16.7. The highest BCUT2D eigenvalue weighted by Gasteiger charge is 2.25. The number of hydrogen-bond acceptors (Lipinski definition) is 5. The zero-order valence-corrected chi connectivity index (χ0v) is 17.5. The Morgan fingerprint density at radius 3 is 2.71 bits per heavy atom. The second-order valence-corrected chi connectivity index (χ2v) is 9.00. The summed E-state index contributed by atoms with van der Waals surface area (Å²) in [5.74, 6) is 1.89. The molecule has 2 heterocycles. The summed E-state index contributed by atoms with van der Waals surface area (Å²) < 4.78 is 5.49. The fourth-order valence-electron chi connectivity index (χ4n) is 4.74. The van der Waals surface area contributed by atoms with E-state index in [1.165, 1.54) is 25.8 Å². The van der Waals surface area contributed by atoms with Gasteiger partial charge in [-0.05, 0) is 57.1 Å². The van der Waals surface area contributed by atoms with Gasteiger partial charge in [0.1, 0.15) is 0 Å². The normalized spacial score (nSPS) is 28.2. The number of amides is 1. The monoisotopic (exact) mass is 406 g/mol. The van der Waals surface area contributed by atoms with Crippen LogP contribution in [0.4, 0.5) is 5.82 Å². The lowest BCUT2D eigenvalue weighted by Crippen LogP contribution is -2.48. The molecule has 1 saturated heterocycles. The van der Waals surface area contributed by atoms with E-state index in [1.807, 2.05) is 6.08 Å². The van der Waals surface area contributed by atoms with Crippen LogP contribution in [0.15, 0.2) is 4.52 Å². The van der Waals surface area contributed by atoms with Gasteiger partial charge in [-0.2, -0.15) is 0 Å². The first kappa shape index (κ1) is 19.8. The van der Waals surface area contributed by atoms with E-state index < -0.39 is 0 Å². The summed E-state index contributed by atoms with van der Waals surface area (Å²) in [5.41, 5.74) is 0.818. The summed E-state index contributed by atoms with van der Waals surface area (Å²) in [4.78, 5) is 16.1. The van der Waals surface area contributed by atoms with Crippen molar-refractivity contribution < 1.29 is 9.32 Å². The molecular formula is C21H31ClN4O2. The quantitative estimate of drug-likeness (QED) is 0.750. The SMILES string of the molecule is CC(=O)NC1CCC(CCN2CCN(c3noc4c3=CCC(Cl)C=4)CC2)CC1. The predicted octanol–water partition coefficient (Wildman–Crippen LogP) is 1.45. The fourth-order valence-corrected chi connectivity index (χ4v) is 4.94. The van der Waals surface area contributed by atoms with Crippen molar-refractivity contribution in [2.75, 3.05) is 37.6 Å². The van der Waals surface area contributed by atoms with Gasteiger partial charge in [-0.15, -0.1) is 11.6 Å². The number of carbonyl (C=O) groups is 1. The summed E-state index contributed by atoms with van der Waals surface area (Å²) in [6.45, 7) is 6.92. The molecule has 1 aromatic rings. The molecule has 1 aliphatic heterocycles. The number of alkyl halides is 1. The van der Waals surface area contributed by atoms with Crippen molar-refractivity contribution in [3.8, 4) is 0 Å². The lowest BCUT2D eigenvalue weighted by atomic mass is 9.84. The van der Waals surface area contributed by atoms with Crippen LogP contribution in [-0.2, 0) is 4.79 Å². The number of aromatic nitrogens is 1. The van der Waals surface area contributed by atoms with Crippen LogP contribution in [-0.4, -0.2) is 60.1 Å². The van der Waals surface area contributed by atoms with Crippen molar-refractivity contribution in [2.24, 2.45) is 5.92 Å². The summed E-state index contributed by atoms with van der Waals surface area (Å²) in [7, 11) is 0. The fraction of sp³-hybridized carbons (Fsp3) is 0.714. The van der Waals surface area contributed by atoms with E-state index in [-0.39, 0.29) is 11.3 Å². The van der Waals surface area contributed by atoms with Crippen LogP contribution in [0.2, 0.25) is 0 Å². The van der Waals surface area contributed by atoms with Gasteiger partial charge in [-0.3, -0.25) is 9.69 Å². The number of fused-ring (bicyclic) bond motifs is 1. The van der Waals surface area contributed by atoms with Gasteiger partial charge in [0.05, 0.1) is 10.6 Å². The number of rotatable bonds is 5. The summed E-state index contributed by atoms with van der Waals surface area (Å²) in [5, 5.41) is 8.50. The minimum absolute atomic E-state index is 0.0125. The molecule has 2 aliphatic carbocycles. The van der Waals surface area contributed by atoms with Gasteiger partial charge in [-0.1, -0.05) is 11.2 Å². The van der Waals surface area contributed by atoms with Crippen molar-refractivity contribution >= 4 is 35.5 Å². The predicted molar refractivity (Wildman–Crippen MR) is 112 cm³/mol. The molecule has 0 spiro atoms. The van der Waals surface area contributed by atoms with Gasteiger partial charge < -0.3 is 14.7 Å². The lowest BCUT2D eigenvalue weighted by Gasteiger charge is -2.36. The standard InChI is InChI=1S/C21H31ClN4O2/c1-15(27)23-18-5-2-16(3-6-18)8-9-25-10-12-26(13-11-25)21-19-7-4-17(22)14-20(19)28-24-21/h7,14,16-18H,2-6,8-13H2,1H3,(H,23,27). The van der Waals surface area contributed by atoms with Crippen LogP contribution in [0, 0.1) is 5.92 Å². The maximum atomic E-state index is 11.2. The Hall–Kier alpha value is -1.53. The second kappa shape index (κ2) is 8.87. The van der Waals surface area contributed by atoms with Crippen LogP contribution in [0.5, 0.6) is 0 Å². The molecule has 4 rings (SSSR count). The highest BCUT2D eigenvalue weighted by Crippen LogP contribution is 2.27. The Labute approximate surface area is 171 Å². The van der Waals surface area contributed by atoms with E-state index in [0.717, 1.165) is 67.8 Å². The lowest BCUT2D eigenvalue weighted by molar-refractivity contribution is -0.119. The minimum Gasteiger partial charge on any atom is -0.354 e. The molecule has 0 aromatic carbocycles. The summed E-state index contributed by atoms with van der Waals surface area (Å²) in [6.07, 6.45) is 11.0. The first-order valence-corrected chi connectivity index (χ1v) is 11.1. The highest BCUT2D eigenvalue weighted by atomic mass is 35.5. The Morgan fingerprint density at radius 2 is 2.00 bits per heavy atom. The highest BCUT2D eigenvalue weighted by molar-refractivity contribution is 6.24. The molecule has 3 aliphatic rings. The van der Waals surface area contributed by atoms with Gasteiger partial charge in [0.25, 0.3) is 0 Å². The zero-order chi connectivity index (χ0) is 19.5. The van der Waals surface area contributed by atoms with E-state index in [2.05, 4.69) is 26.3 Å². The number of carbonyl (C=O) groups excluding carboxylic acids is 1. The van der Waals surface area contributed by atoms with Crippen LogP contribution in [0.3, 0.4) is 0 Å². The Bertz CT molecular complexity index is 792. The third-order valence-corrected chi connectivity index (χ3v) is 6.70. The van der Waals surface area contributed by atoms with Crippen molar-refractivity contribution in [3.05, 3.63) is 10.6 Å². The average molecular weight is 407 g/mol. The first-order chi connectivity index (χ1) is 13.6. The number of anilines is 1. The molecule has 1 aromatic heterocycles. The van der Waals surface area contributed by atoms with E-state index in [9.17, 15) is 4.79 Å². The Balaban J connectivity index is 1.22. The largest absolute Gasteiger partial charge is 0.354 e. The van der Waals surface area contributed by atoms with E-state index in [0.29, 0.717) is 6.04 Å². The number of nitrogens with one attached hydrogen (secondary N) is 1. The third-order valence-electron chi connectivity index (χ3n) is 6.40. The van der Waals surface area contributed by atoms with Crippen LogP contribution < -0.4 is 20.9 Å². The number of halogens is 1. The number of nitrogens with zero attached hydrogens (tertiary/aromatic N) is 3. The maximum absolute atomic E-state index is 11.2. The topological polar surface area (TPSA) is 61.6 Å². The molecule has 1 amide bonds.